The molecule has 0 aliphatic heterocycles. The molecule has 4 aromatic carbocycles. The van der Waals surface area contributed by atoms with Gasteiger partial charge < -0.3 is 20.8 Å². The summed E-state index contributed by atoms with van der Waals surface area (Å²) in [4.78, 5) is 34.3. The standard InChI is InChI=1S/C18H19F2IN2O3.C17H17F2IN2O3/c1-10-6-11(21)4-5-15(10)22-16-8-14(20)13(19)7-12(16)17(24)23-26-9-18(2,3)25;1-9-5-11(20)3-4-15(9)21-16-7-14(19)13(18)6-12(16)17(24)22-25-8-10(2)23/h4-8,22,25H,9H2,1-3H3,(H,23,24);3-7,10,21,23H,8H2,1-2H3,(H,22,24). The van der Waals surface area contributed by atoms with E-state index < -0.39 is 46.8 Å². The van der Waals surface area contributed by atoms with Crippen LogP contribution in [0.15, 0.2) is 60.7 Å². The molecule has 6 N–H and O–H groups in total. The molecule has 0 bridgehead atoms. The Balaban J connectivity index is 0.000000276. The minimum Gasteiger partial charge on any atom is -0.391 e. The van der Waals surface area contributed by atoms with E-state index in [9.17, 15) is 32.3 Å². The Morgan fingerprint density at radius 1 is 0.706 bits per heavy atom. The van der Waals surface area contributed by atoms with Crippen molar-refractivity contribution in [3.05, 3.63) is 113 Å². The van der Waals surface area contributed by atoms with E-state index in [0.29, 0.717) is 11.4 Å². The second-order valence-corrected chi connectivity index (χ2v) is 14.4. The Morgan fingerprint density at radius 3 is 1.47 bits per heavy atom. The highest BCUT2D eigenvalue weighted by atomic mass is 127. The molecule has 0 aromatic heterocycles. The third kappa shape index (κ3) is 13.2. The van der Waals surface area contributed by atoms with Gasteiger partial charge in [0.25, 0.3) is 11.8 Å². The molecule has 10 nitrogen and oxygen atoms in total. The number of benzene rings is 4. The molecular formula is C35H36F4I2N4O6. The number of carbonyl (C=O) groups is 2. The van der Waals surface area contributed by atoms with Gasteiger partial charge in [0, 0.05) is 30.6 Å². The van der Waals surface area contributed by atoms with Crippen LogP contribution >= 0.6 is 45.2 Å². The van der Waals surface area contributed by atoms with Gasteiger partial charge in [0.05, 0.1) is 34.2 Å². The van der Waals surface area contributed by atoms with Crippen LogP contribution in [0.1, 0.15) is 52.6 Å². The summed E-state index contributed by atoms with van der Waals surface area (Å²) in [5.41, 5.74) is 6.09. The van der Waals surface area contributed by atoms with Crippen molar-refractivity contribution in [1.82, 2.24) is 11.0 Å². The first kappa shape index (κ1) is 41.9. The van der Waals surface area contributed by atoms with Gasteiger partial charge in [-0.3, -0.25) is 19.3 Å². The first-order chi connectivity index (χ1) is 23.8. The van der Waals surface area contributed by atoms with Gasteiger partial charge in [-0.05, 0) is 139 Å². The number of aliphatic hydroxyl groups is 2. The van der Waals surface area contributed by atoms with E-state index in [4.69, 9.17) is 14.8 Å². The maximum Gasteiger partial charge on any atom is 0.277 e. The molecule has 0 aliphatic rings. The Bertz CT molecular complexity index is 1880. The van der Waals surface area contributed by atoms with Gasteiger partial charge in [-0.1, -0.05) is 0 Å². The van der Waals surface area contributed by atoms with Crippen LogP contribution in [0.4, 0.5) is 40.3 Å². The molecule has 0 radical (unpaired) electrons. The van der Waals surface area contributed by atoms with Crippen molar-refractivity contribution in [3.8, 4) is 0 Å². The normalized spacial score (nSPS) is 11.6. The van der Waals surface area contributed by atoms with Gasteiger partial charge in [-0.2, -0.15) is 0 Å². The second-order valence-electron chi connectivity index (χ2n) is 11.9. The molecule has 1 unspecified atom stereocenters. The van der Waals surface area contributed by atoms with Crippen LogP contribution in [-0.2, 0) is 9.68 Å². The molecule has 0 aliphatic carbocycles. The molecule has 4 rings (SSSR count). The largest absolute Gasteiger partial charge is 0.391 e. The Morgan fingerprint density at radius 2 is 1.10 bits per heavy atom. The summed E-state index contributed by atoms with van der Waals surface area (Å²) in [5, 5.41) is 24.6. The second kappa shape index (κ2) is 18.8. The summed E-state index contributed by atoms with van der Waals surface area (Å²) in [6, 6.07) is 14.5. The molecule has 274 valence electrons. The first-order valence-corrected chi connectivity index (χ1v) is 17.3. The number of carbonyl (C=O) groups excluding carboxylic acids is 2. The van der Waals surface area contributed by atoms with E-state index >= 15 is 0 Å². The number of amides is 2. The van der Waals surface area contributed by atoms with Crippen LogP contribution in [0.25, 0.3) is 0 Å². The molecule has 0 heterocycles. The number of aryl methyl sites for hydroxylation is 2. The summed E-state index contributed by atoms with van der Waals surface area (Å²) in [7, 11) is 0. The summed E-state index contributed by atoms with van der Waals surface area (Å²) in [6.45, 7) is 7.91. The Kier molecular flexibility index (Phi) is 15.4. The minimum absolute atomic E-state index is 0.0950. The van der Waals surface area contributed by atoms with Crippen LogP contribution < -0.4 is 21.6 Å². The molecule has 51 heavy (non-hydrogen) atoms. The van der Waals surface area contributed by atoms with Crippen molar-refractivity contribution in [2.45, 2.75) is 46.3 Å². The zero-order valence-corrected chi connectivity index (χ0v) is 32.4. The summed E-state index contributed by atoms with van der Waals surface area (Å²) < 4.78 is 56.6. The molecule has 2 amide bonds. The van der Waals surface area contributed by atoms with Crippen molar-refractivity contribution < 1.29 is 47.0 Å². The average Bonchev–Trinajstić information content (AvgIpc) is 3.02. The fraction of sp³-hybridized carbons (Fsp3) is 0.257. The van der Waals surface area contributed by atoms with E-state index in [-0.39, 0.29) is 35.7 Å². The summed E-state index contributed by atoms with van der Waals surface area (Å²) in [6.07, 6.45) is -0.780. The maximum absolute atomic E-state index is 13.7. The van der Waals surface area contributed by atoms with Crippen LogP contribution in [0.5, 0.6) is 0 Å². The quantitative estimate of drug-likeness (QED) is 0.0483. The van der Waals surface area contributed by atoms with E-state index in [1.54, 1.807) is 12.1 Å². The number of halogens is 6. The summed E-state index contributed by atoms with van der Waals surface area (Å²) >= 11 is 4.33. The van der Waals surface area contributed by atoms with Crippen molar-refractivity contribution in [3.63, 3.8) is 0 Å². The van der Waals surface area contributed by atoms with Gasteiger partial charge in [0.15, 0.2) is 23.3 Å². The molecule has 0 saturated carbocycles. The third-order valence-electron chi connectivity index (χ3n) is 6.61. The predicted molar refractivity (Wildman–Crippen MR) is 202 cm³/mol. The molecule has 0 saturated heterocycles. The average molecular weight is 938 g/mol. The molecule has 4 aromatic rings. The minimum atomic E-state index is -1.15. The van der Waals surface area contributed by atoms with Crippen LogP contribution in [0.2, 0.25) is 0 Å². The highest BCUT2D eigenvalue weighted by Crippen LogP contribution is 2.28. The number of rotatable bonds is 12. The molecule has 16 heteroatoms. The van der Waals surface area contributed by atoms with Gasteiger partial charge in [-0.25, -0.2) is 28.5 Å². The smallest absolute Gasteiger partial charge is 0.277 e. The number of hydrogen-bond donors (Lipinski definition) is 6. The van der Waals surface area contributed by atoms with Crippen molar-refractivity contribution in [2.24, 2.45) is 0 Å². The summed E-state index contributed by atoms with van der Waals surface area (Å²) in [5.74, 6) is -5.98. The van der Waals surface area contributed by atoms with Gasteiger partial charge in [0.2, 0.25) is 0 Å². The Labute approximate surface area is 319 Å². The van der Waals surface area contributed by atoms with Crippen molar-refractivity contribution >= 4 is 79.7 Å². The van der Waals surface area contributed by atoms with Gasteiger partial charge >= 0.3 is 0 Å². The lowest BCUT2D eigenvalue weighted by atomic mass is 10.1. The first-order valence-electron chi connectivity index (χ1n) is 15.1. The van der Waals surface area contributed by atoms with E-state index in [2.05, 4.69) is 66.8 Å². The molecule has 0 fully saturated rings. The van der Waals surface area contributed by atoms with Crippen molar-refractivity contribution in [1.29, 1.82) is 0 Å². The number of nitrogens with one attached hydrogen (secondary N) is 4. The number of anilines is 4. The van der Waals surface area contributed by atoms with E-state index in [1.807, 2.05) is 38.1 Å². The van der Waals surface area contributed by atoms with E-state index in [1.165, 1.54) is 20.8 Å². The lowest BCUT2D eigenvalue weighted by Crippen LogP contribution is -2.33. The third-order valence-corrected chi connectivity index (χ3v) is 7.95. The molecule has 0 spiro atoms. The SMILES string of the molecule is Cc1cc(I)ccc1Nc1cc(F)c(F)cc1C(=O)NOCC(C)(C)O.Cc1cc(I)ccc1Nc1cc(F)c(F)cc1C(=O)NOCC(C)O. The highest BCUT2D eigenvalue weighted by molar-refractivity contribution is 14.1. The topological polar surface area (TPSA) is 141 Å². The molecular weight excluding hydrogens is 902 g/mol. The molecule has 1 atom stereocenters. The van der Waals surface area contributed by atoms with Crippen LogP contribution in [-0.4, -0.2) is 46.9 Å². The van der Waals surface area contributed by atoms with Gasteiger partial charge in [0.1, 0.15) is 13.2 Å². The fourth-order valence-electron chi connectivity index (χ4n) is 4.12. The fourth-order valence-corrected chi connectivity index (χ4v) is 5.41. The number of aliphatic hydroxyl groups excluding tert-OH is 1. The monoisotopic (exact) mass is 938 g/mol. The van der Waals surface area contributed by atoms with Crippen LogP contribution in [0.3, 0.4) is 0 Å². The Hall–Kier alpha value is -3.56. The van der Waals surface area contributed by atoms with Crippen LogP contribution in [0, 0.1) is 44.3 Å². The van der Waals surface area contributed by atoms with Crippen molar-refractivity contribution in [2.75, 3.05) is 23.8 Å². The lowest BCUT2D eigenvalue weighted by molar-refractivity contribution is -0.0522. The predicted octanol–water partition coefficient (Wildman–Crippen LogP) is 7.72. The zero-order valence-electron chi connectivity index (χ0n) is 28.1. The van der Waals surface area contributed by atoms with Gasteiger partial charge in [-0.15, -0.1) is 0 Å². The maximum atomic E-state index is 13.7. The van der Waals surface area contributed by atoms with E-state index in [0.717, 1.165) is 42.5 Å². The zero-order chi connectivity index (χ0) is 38.0. The number of hydrogen-bond acceptors (Lipinski definition) is 8. The highest BCUT2D eigenvalue weighted by Gasteiger charge is 2.20. The lowest BCUT2D eigenvalue weighted by Gasteiger charge is -2.18. The number of hydroxylamine groups is 2.